The minimum Gasteiger partial charge on any atom is -0.370 e. The number of carbonyl (C=O) groups is 1. The molecule has 1 aromatic rings. The van der Waals surface area contributed by atoms with Gasteiger partial charge in [0.05, 0.1) is 6.04 Å². The van der Waals surface area contributed by atoms with Crippen LogP contribution in [0.4, 0.5) is 0 Å². The van der Waals surface area contributed by atoms with Gasteiger partial charge in [0.15, 0.2) is 0 Å². The smallest absolute Gasteiger partial charge is 0.250 e. The number of methoxy groups -OCH3 is 1. The fourth-order valence-electron chi connectivity index (χ4n) is 1.35. The average Bonchev–Trinajstić information content (AvgIpc) is 2.31. The van der Waals surface area contributed by atoms with E-state index in [9.17, 15) is 4.79 Å². The van der Waals surface area contributed by atoms with Crippen molar-refractivity contribution < 1.29 is 9.53 Å². The highest BCUT2D eigenvalue weighted by molar-refractivity contribution is 5.81. The highest BCUT2D eigenvalue weighted by atomic mass is 16.5. The van der Waals surface area contributed by atoms with Crippen LogP contribution in [0.1, 0.15) is 18.5 Å². The Morgan fingerprint density at radius 3 is 2.69 bits per heavy atom. The molecule has 0 aliphatic heterocycles. The van der Waals surface area contributed by atoms with Crippen molar-refractivity contribution in [3.63, 3.8) is 0 Å². The second-order valence-electron chi connectivity index (χ2n) is 3.47. The maximum Gasteiger partial charge on any atom is 0.250 e. The summed E-state index contributed by atoms with van der Waals surface area (Å²) in [6.07, 6.45) is 2.79. The largest absolute Gasteiger partial charge is 0.370 e. The van der Waals surface area contributed by atoms with Crippen LogP contribution in [0.5, 0.6) is 0 Å². The fourth-order valence-corrected chi connectivity index (χ4v) is 1.35. The van der Waals surface area contributed by atoms with E-state index in [1.54, 1.807) is 12.4 Å². The molecule has 1 rings (SSSR count). The molecule has 0 spiro atoms. The van der Waals surface area contributed by atoms with Gasteiger partial charge < -0.3 is 15.8 Å². The zero-order valence-electron chi connectivity index (χ0n) is 9.51. The van der Waals surface area contributed by atoms with Crippen molar-refractivity contribution in [2.75, 3.05) is 13.7 Å². The summed E-state index contributed by atoms with van der Waals surface area (Å²) in [6, 6.07) is 3.63. The monoisotopic (exact) mass is 223 g/mol. The van der Waals surface area contributed by atoms with E-state index in [-0.39, 0.29) is 18.5 Å². The summed E-state index contributed by atoms with van der Waals surface area (Å²) in [4.78, 5) is 15.6. The van der Waals surface area contributed by atoms with Crippen molar-refractivity contribution >= 4 is 5.91 Å². The summed E-state index contributed by atoms with van der Waals surface area (Å²) in [5.74, 6) is -0.200. The molecule has 0 fully saturated rings. The lowest BCUT2D eigenvalue weighted by molar-refractivity contribution is -0.131. The van der Waals surface area contributed by atoms with E-state index in [1.165, 1.54) is 7.11 Å². The number of pyridine rings is 1. The minimum atomic E-state index is -0.593. The van der Waals surface area contributed by atoms with Gasteiger partial charge in [-0.1, -0.05) is 0 Å². The molecule has 1 heterocycles. The number of nitrogens with two attached hydrogens (primary N) is 1. The Bertz CT molecular complexity index is 325. The van der Waals surface area contributed by atoms with Gasteiger partial charge >= 0.3 is 0 Å². The van der Waals surface area contributed by atoms with Gasteiger partial charge in [-0.25, -0.2) is 0 Å². The van der Waals surface area contributed by atoms with Crippen molar-refractivity contribution in [3.8, 4) is 0 Å². The van der Waals surface area contributed by atoms with E-state index < -0.39 is 6.10 Å². The summed E-state index contributed by atoms with van der Waals surface area (Å²) >= 11 is 0. The van der Waals surface area contributed by atoms with Gasteiger partial charge in [0.2, 0.25) is 0 Å². The molecule has 5 heteroatoms. The van der Waals surface area contributed by atoms with Crippen molar-refractivity contribution in [1.82, 2.24) is 10.3 Å². The third-order valence-corrected chi connectivity index (χ3v) is 2.36. The van der Waals surface area contributed by atoms with E-state index >= 15 is 0 Å². The Hall–Kier alpha value is -1.46. The first-order valence-corrected chi connectivity index (χ1v) is 5.12. The fraction of sp³-hybridized carbons (Fsp3) is 0.455. The molecule has 0 aliphatic rings. The van der Waals surface area contributed by atoms with Crippen LogP contribution in [0.15, 0.2) is 24.5 Å². The highest BCUT2D eigenvalue weighted by Gasteiger charge is 2.18. The van der Waals surface area contributed by atoms with Crippen LogP contribution in [0.25, 0.3) is 0 Å². The lowest BCUT2D eigenvalue weighted by Gasteiger charge is -2.18. The van der Waals surface area contributed by atoms with Crippen LogP contribution in [0, 0.1) is 0 Å². The number of rotatable bonds is 5. The zero-order valence-corrected chi connectivity index (χ0v) is 9.51. The Morgan fingerprint density at radius 2 is 2.19 bits per heavy atom. The molecule has 0 bridgehead atoms. The van der Waals surface area contributed by atoms with Gasteiger partial charge in [-0.3, -0.25) is 9.78 Å². The highest BCUT2D eigenvalue weighted by Crippen LogP contribution is 2.10. The van der Waals surface area contributed by atoms with Gasteiger partial charge in [0.25, 0.3) is 5.91 Å². The van der Waals surface area contributed by atoms with Crippen LogP contribution >= 0.6 is 0 Å². The summed E-state index contributed by atoms with van der Waals surface area (Å²) in [7, 11) is 1.47. The molecule has 1 unspecified atom stereocenters. The summed E-state index contributed by atoms with van der Waals surface area (Å²) in [5.41, 5.74) is 6.40. The second kappa shape index (κ2) is 6.19. The predicted molar refractivity (Wildman–Crippen MR) is 60.6 cm³/mol. The molecule has 1 amide bonds. The molecule has 0 aromatic carbocycles. The van der Waals surface area contributed by atoms with Crippen LogP contribution < -0.4 is 11.1 Å². The molecule has 5 nitrogen and oxygen atoms in total. The number of ether oxygens (including phenoxy) is 1. The van der Waals surface area contributed by atoms with E-state index in [0.717, 1.165) is 5.56 Å². The molecule has 0 aliphatic carbocycles. The molecule has 16 heavy (non-hydrogen) atoms. The Kier molecular flexibility index (Phi) is 4.88. The molecule has 88 valence electrons. The quantitative estimate of drug-likeness (QED) is 0.749. The van der Waals surface area contributed by atoms with Crippen molar-refractivity contribution in [1.29, 1.82) is 0 Å². The van der Waals surface area contributed by atoms with Gasteiger partial charge in [-0.15, -0.1) is 0 Å². The first-order chi connectivity index (χ1) is 7.69. The number of nitrogens with zero attached hydrogens (tertiary/aromatic N) is 1. The zero-order chi connectivity index (χ0) is 12.0. The normalized spacial score (nSPS) is 14.2. The van der Waals surface area contributed by atoms with E-state index in [0.29, 0.717) is 0 Å². The molecule has 3 N–H and O–H groups in total. The number of amides is 1. The van der Waals surface area contributed by atoms with Gasteiger partial charge in [0.1, 0.15) is 6.10 Å². The van der Waals surface area contributed by atoms with Gasteiger partial charge in [-0.05, 0) is 24.6 Å². The van der Waals surface area contributed by atoms with Gasteiger partial charge in [-0.2, -0.15) is 0 Å². The van der Waals surface area contributed by atoms with Crippen LogP contribution in [0.3, 0.4) is 0 Å². The van der Waals surface area contributed by atoms with Crippen molar-refractivity contribution in [2.45, 2.75) is 19.1 Å². The molecule has 2 atom stereocenters. The second-order valence-corrected chi connectivity index (χ2v) is 3.47. The molecule has 1 aromatic heterocycles. The first kappa shape index (κ1) is 12.6. The Balaban J connectivity index is 2.58. The lowest BCUT2D eigenvalue weighted by atomic mass is 10.1. The number of aromatic nitrogens is 1. The Labute approximate surface area is 95.0 Å². The maximum absolute atomic E-state index is 11.7. The molecule has 0 radical (unpaired) electrons. The van der Waals surface area contributed by atoms with E-state index in [2.05, 4.69) is 10.3 Å². The lowest BCUT2D eigenvalue weighted by Crippen LogP contribution is -2.41. The number of nitrogens with one attached hydrogen (secondary N) is 1. The van der Waals surface area contributed by atoms with Crippen molar-refractivity contribution in [2.24, 2.45) is 5.73 Å². The standard InChI is InChI=1S/C11H17N3O2/c1-8(9-3-5-13-6-4-9)14-11(15)10(7-12)16-2/h3-6,8,10H,7,12H2,1-2H3,(H,14,15)/t8-,10?/m1/s1. The summed E-state index contributed by atoms with van der Waals surface area (Å²) < 4.78 is 4.95. The third-order valence-electron chi connectivity index (χ3n) is 2.36. The van der Waals surface area contributed by atoms with Gasteiger partial charge in [0, 0.05) is 26.0 Å². The number of hydrogen-bond donors (Lipinski definition) is 2. The average molecular weight is 223 g/mol. The first-order valence-electron chi connectivity index (χ1n) is 5.12. The van der Waals surface area contributed by atoms with E-state index in [4.69, 9.17) is 10.5 Å². The minimum absolute atomic E-state index is 0.0836. The molecule has 0 saturated heterocycles. The third kappa shape index (κ3) is 3.29. The molecule has 0 saturated carbocycles. The molecular weight excluding hydrogens is 206 g/mol. The summed E-state index contributed by atoms with van der Waals surface area (Å²) in [6.45, 7) is 2.07. The molecular formula is C11H17N3O2. The Morgan fingerprint density at radius 1 is 1.56 bits per heavy atom. The number of carbonyl (C=O) groups excluding carboxylic acids is 1. The predicted octanol–water partition coefficient (Wildman–Crippen LogP) is 0.233. The van der Waals surface area contributed by atoms with E-state index in [1.807, 2.05) is 19.1 Å². The maximum atomic E-state index is 11.7. The van der Waals surface area contributed by atoms with Crippen molar-refractivity contribution in [3.05, 3.63) is 30.1 Å². The van der Waals surface area contributed by atoms with Crippen LogP contribution in [-0.4, -0.2) is 30.6 Å². The SMILES string of the molecule is COC(CN)C(=O)N[C@H](C)c1ccncc1. The van der Waals surface area contributed by atoms with Crippen LogP contribution in [0.2, 0.25) is 0 Å². The number of hydrogen-bond acceptors (Lipinski definition) is 4. The van der Waals surface area contributed by atoms with Crippen LogP contribution in [-0.2, 0) is 9.53 Å². The topological polar surface area (TPSA) is 77.2 Å². The summed E-state index contributed by atoms with van der Waals surface area (Å²) in [5, 5.41) is 2.83.